The monoisotopic (exact) mass is 262 g/mol. The highest BCUT2D eigenvalue weighted by Crippen LogP contribution is 2.12. The molecule has 0 aliphatic carbocycles. The molecule has 1 rings (SSSR count). The van der Waals surface area contributed by atoms with Crippen molar-refractivity contribution in [3.63, 3.8) is 0 Å². The number of carbonyl (C=O) groups excluding carboxylic acids is 1. The number of nitrogens with two attached hydrogens (primary N) is 1. The van der Waals surface area contributed by atoms with E-state index in [0.29, 0.717) is 6.42 Å². The van der Waals surface area contributed by atoms with Gasteiger partial charge in [-0.1, -0.05) is 23.8 Å². The molecular formula is C16H26N2O. The van der Waals surface area contributed by atoms with Crippen LogP contribution in [0.4, 0.5) is 0 Å². The Labute approximate surface area is 116 Å². The van der Waals surface area contributed by atoms with E-state index in [-0.39, 0.29) is 5.91 Å². The molecule has 0 saturated heterocycles. The second kappa shape index (κ2) is 6.20. The van der Waals surface area contributed by atoms with Gasteiger partial charge in [-0.25, -0.2) is 0 Å². The van der Waals surface area contributed by atoms with Gasteiger partial charge in [0.15, 0.2) is 0 Å². The predicted molar refractivity (Wildman–Crippen MR) is 80.1 cm³/mol. The Kier molecular flexibility index (Phi) is 5.12. The number of nitrogens with zero attached hydrogens (tertiary/aromatic N) is 1. The molecule has 2 N–H and O–H groups in total. The van der Waals surface area contributed by atoms with E-state index >= 15 is 0 Å². The van der Waals surface area contributed by atoms with Crippen molar-refractivity contribution in [2.24, 2.45) is 5.73 Å². The maximum absolute atomic E-state index is 12.0. The summed E-state index contributed by atoms with van der Waals surface area (Å²) in [7, 11) is 1.84. The SMILES string of the molecule is Cc1ccc(CCN(C)C(=O)CC(C)(C)N)c(C)c1. The third-order valence-corrected chi connectivity index (χ3v) is 3.25. The molecule has 3 nitrogen and oxygen atoms in total. The van der Waals surface area contributed by atoms with Crippen LogP contribution in [0.1, 0.15) is 37.0 Å². The van der Waals surface area contributed by atoms with Gasteiger partial charge in [-0.15, -0.1) is 0 Å². The molecule has 0 atom stereocenters. The Morgan fingerprint density at radius 2 is 1.95 bits per heavy atom. The van der Waals surface area contributed by atoms with Crippen molar-refractivity contribution in [3.8, 4) is 0 Å². The fraction of sp³-hybridized carbons (Fsp3) is 0.562. The Hall–Kier alpha value is -1.35. The molecule has 0 radical (unpaired) electrons. The minimum Gasteiger partial charge on any atom is -0.345 e. The molecule has 0 unspecified atom stereocenters. The van der Waals surface area contributed by atoms with Crippen molar-refractivity contribution in [1.29, 1.82) is 0 Å². The number of amides is 1. The van der Waals surface area contributed by atoms with E-state index in [0.717, 1.165) is 13.0 Å². The van der Waals surface area contributed by atoms with E-state index in [1.807, 2.05) is 20.9 Å². The molecule has 1 aromatic carbocycles. The second-order valence-corrected chi connectivity index (χ2v) is 6.16. The molecule has 0 saturated carbocycles. The standard InChI is InChI=1S/C16H26N2O/c1-12-6-7-14(13(2)10-12)8-9-18(5)15(19)11-16(3,4)17/h6-7,10H,8-9,11,17H2,1-5H3. The van der Waals surface area contributed by atoms with Crippen molar-refractivity contribution >= 4 is 5.91 Å². The summed E-state index contributed by atoms with van der Waals surface area (Å²) >= 11 is 0. The van der Waals surface area contributed by atoms with Crippen LogP contribution in [0.25, 0.3) is 0 Å². The first-order valence-electron chi connectivity index (χ1n) is 6.78. The highest BCUT2D eigenvalue weighted by atomic mass is 16.2. The molecule has 106 valence electrons. The van der Waals surface area contributed by atoms with Gasteiger partial charge in [0.25, 0.3) is 0 Å². The summed E-state index contributed by atoms with van der Waals surface area (Å²) in [5.41, 5.74) is 9.30. The smallest absolute Gasteiger partial charge is 0.224 e. The second-order valence-electron chi connectivity index (χ2n) is 6.16. The summed E-state index contributed by atoms with van der Waals surface area (Å²) in [6.45, 7) is 8.70. The molecule has 0 fully saturated rings. The van der Waals surface area contributed by atoms with Gasteiger partial charge in [-0.3, -0.25) is 4.79 Å². The molecule has 19 heavy (non-hydrogen) atoms. The molecule has 3 heteroatoms. The maximum Gasteiger partial charge on any atom is 0.224 e. The summed E-state index contributed by atoms with van der Waals surface area (Å²) < 4.78 is 0. The number of likely N-dealkylation sites (N-methyl/N-ethyl adjacent to an activating group) is 1. The normalized spacial score (nSPS) is 11.5. The van der Waals surface area contributed by atoms with E-state index in [9.17, 15) is 4.79 Å². The van der Waals surface area contributed by atoms with Gasteiger partial charge in [0.05, 0.1) is 0 Å². The lowest BCUT2D eigenvalue weighted by Gasteiger charge is -2.23. The maximum atomic E-state index is 12.0. The van der Waals surface area contributed by atoms with Gasteiger partial charge in [-0.05, 0) is 45.2 Å². The van der Waals surface area contributed by atoms with Crippen LogP contribution in [-0.4, -0.2) is 29.9 Å². The first-order chi connectivity index (χ1) is 8.69. The predicted octanol–water partition coefficient (Wildman–Crippen LogP) is 2.43. The van der Waals surface area contributed by atoms with Crippen LogP contribution in [0.5, 0.6) is 0 Å². The highest BCUT2D eigenvalue weighted by molar-refractivity contribution is 5.77. The lowest BCUT2D eigenvalue weighted by molar-refractivity contribution is -0.130. The van der Waals surface area contributed by atoms with E-state index in [4.69, 9.17) is 5.73 Å². The number of hydrogen-bond acceptors (Lipinski definition) is 2. The number of hydrogen-bond donors (Lipinski definition) is 1. The van der Waals surface area contributed by atoms with Gasteiger partial charge in [0, 0.05) is 25.6 Å². The summed E-state index contributed by atoms with van der Waals surface area (Å²) in [5.74, 6) is 0.109. The minimum atomic E-state index is -0.439. The van der Waals surface area contributed by atoms with Crippen LogP contribution in [0, 0.1) is 13.8 Å². The minimum absolute atomic E-state index is 0.109. The molecule has 1 aromatic rings. The molecule has 0 aliphatic rings. The Morgan fingerprint density at radius 3 is 2.47 bits per heavy atom. The van der Waals surface area contributed by atoms with Crippen LogP contribution in [-0.2, 0) is 11.2 Å². The van der Waals surface area contributed by atoms with E-state index < -0.39 is 5.54 Å². The largest absolute Gasteiger partial charge is 0.345 e. The van der Waals surface area contributed by atoms with Crippen molar-refractivity contribution in [1.82, 2.24) is 4.90 Å². The van der Waals surface area contributed by atoms with E-state index in [1.165, 1.54) is 16.7 Å². The molecule has 0 heterocycles. The zero-order valence-corrected chi connectivity index (χ0v) is 12.8. The fourth-order valence-electron chi connectivity index (χ4n) is 2.06. The van der Waals surface area contributed by atoms with Gasteiger partial charge in [0.1, 0.15) is 0 Å². The molecule has 0 spiro atoms. The van der Waals surface area contributed by atoms with Crippen molar-refractivity contribution in [2.75, 3.05) is 13.6 Å². The zero-order valence-electron chi connectivity index (χ0n) is 12.8. The van der Waals surface area contributed by atoms with Crippen molar-refractivity contribution < 1.29 is 4.79 Å². The average Bonchev–Trinajstić information content (AvgIpc) is 2.25. The van der Waals surface area contributed by atoms with Crippen molar-refractivity contribution in [3.05, 3.63) is 34.9 Å². The van der Waals surface area contributed by atoms with E-state index in [1.54, 1.807) is 4.90 Å². The average molecular weight is 262 g/mol. The molecular weight excluding hydrogens is 236 g/mol. The molecule has 0 aromatic heterocycles. The molecule has 0 aliphatic heterocycles. The van der Waals surface area contributed by atoms with Gasteiger partial charge in [0.2, 0.25) is 5.91 Å². The zero-order chi connectivity index (χ0) is 14.6. The summed E-state index contributed by atoms with van der Waals surface area (Å²) in [6, 6.07) is 6.45. The first-order valence-corrected chi connectivity index (χ1v) is 6.78. The quantitative estimate of drug-likeness (QED) is 0.886. The molecule has 0 bridgehead atoms. The van der Waals surface area contributed by atoms with Gasteiger partial charge in [-0.2, -0.15) is 0 Å². The number of rotatable bonds is 5. The third-order valence-electron chi connectivity index (χ3n) is 3.25. The topological polar surface area (TPSA) is 46.3 Å². The summed E-state index contributed by atoms with van der Waals surface area (Å²) in [6.07, 6.45) is 1.27. The van der Waals surface area contributed by atoms with Crippen LogP contribution >= 0.6 is 0 Å². The van der Waals surface area contributed by atoms with Crippen LogP contribution < -0.4 is 5.73 Å². The summed E-state index contributed by atoms with van der Waals surface area (Å²) in [5, 5.41) is 0. The van der Waals surface area contributed by atoms with Crippen molar-refractivity contribution in [2.45, 2.75) is 46.1 Å². The van der Waals surface area contributed by atoms with Gasteiger partial charge >= 0.3 is 0 Å². The fourth-order valence-corrected chi connectivity index (χ4v) is 2.06. The first kappa shape index (κ1) is 15.7. The Bertz CT molecular complexity index is 447. The van der Waals surface area contributed by atoms with Crippen LogP contribution in [0.15, 0.2) is 18.2 Å². The van der Waals surface area contributed by atoms with Gasteiger partial charge < -0.3 is 10.6 Å². The highest BCUT2D eigenvalue weighted by Gasteiger charge is 2.19. The lowest BCUT2D eigenvalue weighted by atomic mass is 10.0. The number of benzene rings is 1. The number of aryl methyl sites for hydroxylation is 2. The Morgan fingerprint density at radius 1 is 1.32 bits per heavy atom. The lowest BCUT2D eigenvalue weighted by Crippen LogP contribution is -2.40. The van der Waals surface area contributed by atoms with Crippen LogP contribution in [0.3, 0.4) is 0 Å². The summed E-state index contributed by atoms with van der Waals surface area (Å²) in [4.78, 5) is 13.7. The van der Waals surface area contributed by atoms with Crippen LogP contribution in [0.2, 0.25) is 0 Å². The Balaban J connectivity index is 2.54. The number of carbonyl (C=O) groups is 1. The third kappa shape index (κ3) is 5.43. The van der Waals surface area contributed by atoms with E-state index in [2.05, 4.69) is 32.0 Å². The molecule has 1 amide bonds.